The maximum absolute atomic E-state index is 14.1. The Kier molecular flexibility index (Phi) is 7.52. The van der Waals surface area contributed by atoms with Crippen LogP contribution in [0.4, 0.5) is 14.5 Å². The Morgan fingerprint density at radius 1 is 1.33 bits per heavy atom. The van der Waals surface area contributed by atoms with Crippen LogP contribution >= 0.6 is 0 Å². The van der Waals surface area contributed by atoms with Crippen molar-refractivity contribution in [3.05, 3.63) is 59.5 Å². The zero-order chi connectivity index (χ0) is 22.1. The smallest absolute Gasteiger partial charge is 0.297 e. The average molecular weight is 415 g/mol. The topological polar surface area (TPSA) is 109 Å². The second kappa shape index (κ2) is 10.1. The standard InChI is InChI=1S/C14H11F2N3O2.C6H8N2O/c1-9-5-14(7-15,19-13(6-17)21-9)11-4-10(18-8-20)2-3-12(11)16;1-5-3-8-6(9-2)4-7-5/h2-5,8H,7H2,1H3,(H,18,20);3-4H,1-2H3/t14-;/m1./s1. The fourth-order valence-electron chi connectivity index (χ4n) is 2.58. The molecule has 0 spiro atoms. The molecule has 1 N–H and O–H groups in total. The number of amides is 1. The van der Waals surface area contributed by atoms with Crippen LogP contribution in [-0.2, 0) is 15.1 Å². The highest BCUT2D eigenvalue weighted by Crippen LogP contribution is 2.36. The Hall–Kier alpha value is -3.87. The average Bonchev–Trinajstić information content (AvgIpc) is 2.75. The molecular weight excluding hydrogens is 396 g/mol. The van der Waals surface area contributed by atoms with Gasteiger partial charge in [0.1, 0.15) is 23.8 Å². The molecule has 1 aliphatic rings. The summed E-state index contributed by atoms with van der Waals surface area (Å²) in [6.45, 7) is 2.34. The van der Waals surface area contributed by atoms with Gasteiger partial charge in [-0.15, -0.1) is 0 Å². The minimum absolute atomic E-state index is 0.0905. The molecule has 0 bridgehead atoms. The number of carbonyl (C=O) groups excluding carboxylic acids is 1. The maximum Gasteiger partial charge on any atom is 0.297 e. The Balaban J connectivity index is 0.000000297. The molecule has 1 aliphatic heterocycles. The van der Waals surface area contributed by atoms with Gasteiger partial charge in [-0.1, -0.05) is 0 Å². The number of rotatable bonds is 5. The molecule has 0 saturated heterocycles. The number of aliphatic imine (C=N–C) groups is 1. The SMILES string of the molecule is CC1=C[C@@](CF)(c2cc(NC=O)ccc2F)N=C(C#N)O1.COc1cnc(C)cn1. The number of alkyl halides is 1. The van der Waals surface area contributed by atoms with Gasteiger partial charge >= 0.3 is 0 Å². The van der Waals surface area contributed by atoms with E-state index in [0.717, 1.165) is 11.8 Å². The normalized spacial score (nSPS) is 17.2. The molecule has 8 nitrogen and oxygen atoms in total. The van der Waals surface area contributed by atoms with Gasteiger partial charge in [-0.05, 0) is 38.1 Å². The van der Waals surface area contributed by atoms with Gasteiger partial charge in [0.2, 0.25) is 12.3 Å². The highest BCUT2D eigenvalue weighted by atomic mass is 19.1. The first kappa shape index (κ1) is 22.4. The van der Waals surface area contributed by atoms with Gasteiger partial charge in [0.25, 0.3) is 5.90 Å². The number of nitrogens with one attached hydrogen (secondary N) is 1. The lowest BCUT2D eigenvalue weighted by Crippen LogP contribution is -2.31. The fourth-order valence-corrected chi connectivity index (χ4v) is 2.58. The molecular formula is C20H19F2N5O3. The van der Waals surface area contributed by atoms with Crippen LogP contribution < -0.4 is 10.1 Å². The number of methoxy groups -OCH3 is 1. The lowest BCUT2D eigenvalue weighted by Gasteiger charge is -2.28. The Morgan fingerprint density at radius 3 is 2.67 bits per heavy atom. The number of carbonyl (C=O) groups is 1. The van der Waals surface area contributed by atoms with Gasteiger partial charge in [-0.25, -0.2) is 18.8 Å². The first-order valence-corrected chi connectivity index (χ1v) is 8.63. The molecule has 1 aromatic carbocycles. The van der Waals surface area contributed by atoms with E-state index in [1.807, 2.05) is 6.92 Å². The summed E-state index contributed by atoms with van der Waals surface area (Å²) in [5.74, 6) is -0.246. The molecule has 2 aromatic rings. The zero-order valence-electron chi connectivity index (χ0n) is 16.5. The quantitative estimate of drug-likeness (QED) is 0.751. The third-order valence-corrected chi connectivity index (χ3v) is 3.92. The second-order valence-corrected chi connectivity index (χ2v) is 6.10. The third kappa shape index (κ3) is 5.35. The van der Waals surface area contributed by atoms with Crippen molar-refractivity contribution < 1.29 is 23.0 Å². The number of anilines is 1. The molecule has 156 valence electrons. The molecule has 1 amide bonds. The molecule has 3 rings (SSSR count). The summed E-state index contributed by atoms with van der Waals surface area (Å²) in [6.07, 6.45) is 4.99. The molecule has 2 heterocycles. The van der Waals surface area contributed by atoms with Crippen molar-refractivity contribution >= 4 is 18.0 Å². The highest BCUT2D eigenvalue weighted by molar-refractivity contribution is 5.93. The summed E-state index contributed by atoms with van der Waals surface area (Å²) in [4.78, 5) is 22.2. The predicted octanol–water partition coefficient (Wildman–Crippen LogP) is 3.21. The lowest BCUT2D eigenvalue weighted by atomic mass is 9.89. The number of benzene rings is 1. The van der Waals surface area contributed by atoms with Gasteiger partial charge in [0, 0.05) is 11.3 Å². The van der Waals surface area contributed by atoms with E-state index < -0.39 is 18.0 Å². The molecule has 0 fully saturated rings. The van der Waals surface area contributed by atoms with Crippen LogP contribution in [0.2, 0.25) is 0 Å². The first-order valence-electron chi connectivity index (χ1n) is 8.63. The fraction of sp³-hybridized carbons (Fsp3) is 0.250. The number of nitriles is 1. The molecule has 1 aromatic heterocycles. The van der Waals surface area contributed by atoms with Crippen molar-refractivity contribution in [2.45, 2.75) is 19.4 Å². The van der Waals surface area contributed by atoms with E-state index in [2.05, 4.69) is 20.3 Å². The van der Waals surface area contributed by atoms with Crippen LogP contribution in [0.25, 0.3) is 0 Å². The summed E-state index contributed by atoms with van der Waals surface area (Å²) in [5, 5.41) is 11.2. The Bertz CT molecular complexity index is 1000. The number of halogens is 2. The van der Waals surface area contributed by atoms with E-state index in [4.69, 9.17) is 14.7 Å². The largest absolute Gasteiger partial charge is 0.480 e. The summed E-state index contributed by atoms with van der Waals surface area (Å²) in [7, 11) is 1.57. The third-order valence-electron chi connectivity index (χ3n) is 3.92. The molecule has 0 aliphatic carbocycles. The van der Waals surface area contributed by atoms with Crippen molar-refractivity contribution in [2.75, 3.05) is 19.1 Å². The number of allylic oxidation sites excluding steroid dienone is 1. The summed E-state index contributed by atoms with van der Waals surface area (Å²) >= 11 is 0. The lowest BCUT2D eigenvalue weighted by molar-refractivity contribution is -0.105. The molecule has 0 saturated carbocycles. The van der Waals surface area contributed by atoms with Crippen LogP contribution in [-0.4, -0.2) is 36.1 Å². The van der Waals surface area contributed by atoms with Crippen LogP contribution in [0.3, 0.4) is 0 Å². The van der Waals surface area contributed by atoms with E-state index in [-0.39, 0.29) is 17.2 Å². The minimum Gasteiger partial charge on any atom is -0.480 e. The number of ether oxygens (including phenoxy) is 2. The molecule has 0 radical (unpaired) electrons. The monoisotopic (exact) mass is 415 g/mol. The number of hydrogen-bond acceptors (Lipinski definition) is 7. The van der Waals surface area contributed by atoms with Gasteiger partial charge in [0.05, 0.1) is 25.2 Å². The van der Waals surface area contributed by atoms with Crippen molar-refractivity contribution in [2.24, 2.45) is 4.99 Å². The molecule has 0 unspecified atom stereocenters. The van der Waals surface area contributed by atoms with Gasteiger partial charge in [0.15, 0.2) is 6.07 Å². The number of aromatic nitrogens is 2. The van der Waals surface area contributed by atoms with E-state index in [1.54, 1.807) is 25.6 Å². The van der Waals surface area contributed by atoms with E-state index in [9.17, 15) is 13.6 Å². The maximum atomic E-state index is 14.1. The zero-order valence-corrected chi connectivity index (χ0v) is 16.5. The second-order valence-electron chi connectivity index (χ2n) is 6.10. The van der Waals surface area contributed by atoms with Crippen LogP contribution in [0.15, 0.2) is 47.4 Å². The Morgan fingerprint density at radius 2 is 2.10 bits per heavy atom. The highest BCUT2D eigenvalue weighted by Gasteiger charge is 2.37. The van der Waals surface area contributed by atoms with Crippen LogP contribution in [0.1, 0.15) is 18.2 Å². The summed E-state index contributed by atoms with van der Waals surface area (Å²) in [6, 6.07) is 5.39. The van der Waals surface area contributed by atoms with Crippen molar-refractivity contribution in [1.29, 1.82) is 5.26 Å². The minimum atomic E-state index is -1.68. The van der Waals surface area contributed by atoms with Crippen molar-refractivity contribution in [3.8, 4) is 11.9 Å². The van der Waals surface area contributed by atoms with E-state index in [1.165, 1.54) is 25.1 Å². The summed E-state index contributed by atoms with van der Waals surface area (Å²) in [5.41, 5.74) is -0.582. The predicted molar refractivity (Wildman–Crippen MR) is 105 cm³/mol. The van der Waals surface area contributed by atoms with Gasteiger partial charge in [-0.2, -0.15) is 5.26 Å². The van der Waals surface area contributed by atoms with E-state index >= 15 is 0 Å². The van der Waals surface area contributed by atoms with E-state index in [0.29, 0.717) is 18.0 Å². The van der Waals surface area contributed by atoms with Crippen molar-refractivity contribution in [3.63, 3.8) is 0 Å². The molecule has 1 atom stereocenters. The van der Waals surface area contributed by atoms with Gasteiger partial charge in [-0.3, -0.25) is 9.78 Å². The van der Waals surface area contributed by atoms with Gasteiger partial charge < -0.3 is 14.8 Å². The summed E-state index contributed by atoms with van der Waals surface area (Å²) < 4.78 is 37.5. The van der Waals surface area contributed by atoms with Crippen molar-refractivity contribution in [1.82, 2.24) is 9.97 Å². The number of hydrogen-bond donors (Lipinski definition) is 1. The van der Waals surface area contributed by atoms with Crippen LogP contribution in [0.5, 0.6) is 5.88 Å². The number of nitrogens with zero attached hydrogens (tertiary/aromatic N) is 4. The van der Waals surface area contributed by atoms with Crippen LogP contribution in [0, 0.1) is 24.1 Å². The molecule has 30 heavy (non-hydrogen) atoms. The Labute approximate surface area is 171 Å². The first-order chi connectivity index (χ1) is 14.4. The number of aryl methyl sites for hydroxylation is 1. The molecule has 10 heteroatoms.